The van der Waals surface area contributed by atoms with Crippen LogP contribution in [0, 0.1) is 6.92 Å². The summed E-state index contributed by atoms with van der Waals surface area (Å²) in [6.45, 7) is 4.04. The minimum atomic E-state index is -0.0780. The summed E-state index contributed by atoms with van der Waals surface area (Å²) < 4.78 is 1.87. The van der Waals surface area contributed by atoms with Crippen LogP contribution in [0.4, 0.5) is 5.82 Å². The first kappa shape index (κ1) is 19.5. The van der Waals surface area contributed by atoms with E-state index in [1.54, 1.807) is 16.7 Å². The maximum atomic E-state index is 12.5. The molecule has 1 aliphatic rings. The minimum Gasteiger partial charge on any atom is -0.356 e. The molecule has 27 heavy (non-hydrogen) atoms. The average Bonchev–Trinajstić information content (AvgIpc) is 3.06. The van der Waals surface area contributed by atoms with Gasteiger partial charge in [-0.05, 0) is 43.7 Å². The smallest absolute Gasteiger partial charge is 0.228 e. The molecule has 0 atom stereocenters. The lowest BCUT2D eigenvalue weighted by atomic mass is 10.1. The predicted molar refractivity (Wildman–Crippen MR) is 108 cm³/mol. The molecule has 0 aliphatic carbocycles. The third kappa shape index (κ3) is 5.13. The Balaban J connectivity index is 1.42. The van der Waals surface area contributed by atoms with E-state index in [0.717, 1.165) is 30.9 Å². The van der Waals surface area contributed by atoms with E-state index in [1.165, 1.54) is 10.5 Å². The van der Waals surface area contributed by atoms with Crippen LogP contribution in [0.3, 0.4) is 0 Å². The molecule has 0 unspecified atom stereocenters. The van der Waals surface area contributed by atoms with E-state index in [9.17, 15) is 9.59 Å². The number of thioether (sulfide) groups is 1. The van der Waals surface area contributed by atoms with Crippen molar-refractivity contribution in [3.63, 3.8) is 0 Å². The number of benzene rings is 1. The number of rotatable bonds is 7. The zero-order valence-corrected chi connectivity index (χ0v) is 16.7. The maximum absolute atomic E-state index is 12.5. The first-order valence-electron chi connectivity index (χ1n) is 9.31. The molecule has 2 amide bonds. The first-order valence-corrected chi connectivity index (χ1v) is 10.5. The normalized spacial score (nSPS) is 13.3. The van der Waals surface area contributed by atoms with Crippen molar-refractivity contribution >= 4 is 29.4 Å². The first-order chi connectivity index (χ1) is 13.1. The topological polar surface area (TPSA) is 67.2 Å². The van der Waals surface area contributed by atoms with Crippen molar-refractivity contribution in [3.8, 4) is 0 Å². The molecule has 1 aliphatic heterocycles. The molecule has 0 fully saturated rings. The second-order valence-corrected chi connectivity index (χ2v) is 7.59. The van der Waals surface area contributed by atoms with Crippen LogP contribution < -0.4 is 10.2 Å². The highest BCUT2D eigenvalue weighted by Crippen LogP contribution is 2.22. The Hall–Kier alpha value is -2.28. The molecular formula is C20H26N4O2S. The van der Waals surface area contributed by atoms with E-state index in [0.29, 0.717) is 13.1 Å². The van der Waals surface area contributed by atoms with Crippen LogP contribution in [0.2, 0.25) is 0 Å². The van der Waals surface area contributed by atoms with Crippen LogP contribution in [0.15, 0.2) is 35.2 Å². The highest BCUT2D eigenvalue weighted by Gasteiger charge is 2.24. The van der Waals surface area contributed by atoms with Crippen molar-refractivity contribution in [1.82, 2.24) is 15.1 Å². The number of aromatic nitrogens is 2. The fourth-order valence-corrected chi connectivity index (χ4v) is 3.65. The van der Waals surface area contributed by atoms with Gasteiger partial charge >= 0.3 is 0 Å². The minimum absolute atomic E-state index is 0.0151. The van der Waals surface area contributed by atoms with Crippen LogP contribution in [-0.2, 0) is 22.6 Å². The average molecular weight is 387 g/mol. The lowest BCUT2D eigenvalue weighted by Crippen LogP contribution is -2.38. The van der Waals surface area contributed by atoms with Crippen LogP contribution >= 0.6 is 11.8 Å². The van der Waals surface area contributed by atoms with Crippen molar-refractivity contribution < 1.29 is 9.59 Å². The highest BCUT2D eigenvalue weighted by molar-refractivity contribution is 7.98. The molecule has 1 aromatic carbocycles. The van der Waals surface area contributed by atoms with Crippen molar-refractivity contribution in [2.45, 2.75) is 44.0 Å². The summed E-state index contributed by atoms with van der Waals surface area (Å²) in [4.78, 5) is 27.6. The molecule has 2 aromatic rings. The monoisotopic (exact) mass is 386 g/mol. The molecular weight excluding hydrogens is 360 g/mol. The lowest BCUT2D eigenvalue weighted by Gasteiger charge is -2.27. The summed E-state index contributed by atoms with van der Waals surface area (Å²) in [6.07, 6.45) is 4.17. The Morgan fingerprint density at radius 2 is 1.96 bits per heavy atom. The SMILES string of the molecule is CSc1ccc(CCNC(=O)CCC(=O)N2CCCn3nc(C)cc32)cc1. The standard InChI is InChI=1S/C20H26N4O2S/c1-15-14-19-23(12-3-13-24(19)22-15)20(26)9-8-18(25)21-11-10-16-4-6-17(27-2)7-5-16/h4-7,14H,3,8-13H2,1-2H3,(H,21,25). The maximum Gasteiger partial charge on any atom is 0.228 e. The zero-order chi connectivity index (χ0) is 19.2. The zero-order valence-electron chi connectivity index (χ0n) is 15.9. The molecule has 1 aromatic heterocycles. The van der Waals surface area contributed by atoms with Gasteiger partial charge in [0.1, 0.15) is 5.82 Å². The lowest BCUT2D eigenvalue weighted by molar-refractivity contribution is -0.125. The molecule has 7 heteroatoms. The molecule has 2 heterocycles. The van der Waals surface area contributed by atoms with Crippen molar-refractivity contribution in [3.05, 3.63) is 41.6 Å². The second-order valence-electron chi connectivity index (χ2n) is 6.71. The van der Waals surface area contributed by atoms with Gasteiger partial charge in [-0.15, -0.1) is 11.8 Å². The molecule has 0 spiro atoms. The molecule has 0 radical (unpaired) electrons. The van der Waals surface area contributed by atoms with Crippen molar-refractivity contribution in [1.29, 1.82) is 0 Å². The van der Waals surface area contributed by atoms with Gasteiger partial charge in [-0.3, -0.25) is 14.5 Å². The number of carbonyl (C=O) groups is 2. The van der Waals surface area contributed by atoms with Gasteiger partial charge in [0.2, 0.25) is 11.8 Å². The van der Waals surface area contributed by atoms with Crippen molar-refractivity contribution in [2.24, 2.45) is 0 Å². The van der Waals surface area contributed by atoms with Crippen LogP contribution in [-0.4, -0.2) is 40.9 Å². The summed E-state index contributed by atoms with van der Waals surface area (Å²) >= 11 is 1.71. The van der Waals surface area contributed by atoms with Crippen molar-refractivity contribution in [2.75, 3.05) is 24.2 Å². The summed E-state index contributed by atoms with van der Waals surface area (Å²) in [5, 5.41) is 7.31. The molecule has 0 saturated heterocycles. The summed E-state index contributed by atoms with van der Waals surface area (Å²) in [5.41, 5.74) is 2.11. The van der Waals surface area contributed by atoms with Gasteiger partial charge < -0.3 is 5.32 Å². The Labute approximate surface area is 164 Å². The van der Waals surface area contributed by atoms with Crippen LogP contribution in [0.25, 0.3) is 0 Å². The van der Waals surface area contributed by atoms with E-state index >= 15 is 0 Å². The van der Waals surface area contributed by atoms with Gasteiger partial charge in [-0.25, -0.2) is 4.68 Å². The Morgan fingerprint density at radius 3 is 2.70 bits per heavy atom. The number of hydrogen-bond donors (Lipinski definition) is 1. The number of aryl methyl sites for hydroxylation is 2. The summed E-state index contributed by atoms with van der Waals surface area (Å²) in [5.74, 6) is 0.752. The Kier molecular flexibility index (Phi) is 6.55. The van der Waals surface area contributed by atoms with Gasteiger partial charge in [0, 0.05) is 43.4 Å². The van der Waals surface area contributed by atoms with Gasteiger partial charge in [0.05, 0.1) is 5.69 Å². The van der Waals surface area contributed by atoms with E-state index in [4.69, 9.17) is 0 Å². The van der Waals surface area contributed by atoms with E-state index in [2.05, 4.69) is 40.9 Å². The van der Waals surface area contributed by atoms with Gasteiger partial charge in [0.25, 0.3) is 0 Å². The predicted octanol–water partition coefficient (Wildman–Crippen LogP) is 2.79. The quantitative estimate of drug-likeness (QED) is 0.743. The number of amides is 2. The number of fused-ring (bicyclic) bond motifs is 1. The Morgan fingerprint density at radius 1 is 1.19 bits per heavy atom. The second kappa shape index (κ2) is 9.08. The number of anilines is 1. The molecule has 0 bridgehead atoms. The van der Waals surface area contributed by atoms with E-state index in [1.807, 2.05) is 17.7 Å². The number of carbonyl (C=O) groups excluding carboxylic acids is 2. The Bertz CT molecular complexity index is 801. The summed E-state index contributed by atoms with van der Waals surface area (Å²) in [6, 6.07) is 10.3. The molecule has 0 saturated carbocycles. The van der Waals surface area contributed by atoms with E-state index in [-0.39, 0.29) is 24.7 Å². The third-order valence-electron chi connectivity index (χ3n) is 4.67. The highest BCUT2D eigenvalue weighted by atomic mass is 32.2. The fourth-order valence-electron chi connectivity index (χ4n) is 3.24. The number of nitrogens with one attached hydrogen (secondary N) is 1. The fraction of sp³-hybridized carbons (Fsp3) is 0.450. The summed E-state index contributed by atoms with van der Waals surface area (Å²) in [7, 11) is 0. The number of hydrogen-bond acceptors (Lipinski definition) is 4. The van der Waals surface area contributed by atoms with E-state index < -0.39 is 0 Å². The molecule has 6 nitrogen and oxygen atoms in total. The molecule has 3 rings (SSSR count). The molecule has 144 valence electrons. The van der Waals surface area contributed by atoms with Crippen LogP contribution in [0.5, 0.6) is 0 Å². The van der Waals surface area contributed by atoms with Crippen LogP contribution in [0.1, 0.15) is 30.5 Å². The van der Waals surface area contributed by atoms with Gasteiger partial charge in [-0.2, -0.15) is 5.10 Å². The number of nitrogens with zero attached hydrogens (tertiary/aromatic N) is 3. The molecule has 1 N–H and O–H groups in total. The third-order valence-corrected chi connectivity index (χ3v) is 5.41. The van der Waals surface area contributed by atoms with Gasteiger partial charge in [-0.1, -0.05) is 12.1 Å². The largest absolute Gasteiger partial charge is 0.356 e. The van der Waals surface area contributed by atoms with Gasteiger partial charge in [0.15, 0.2) is 0 Å².